The Kier molecular flexibility index (Phi) is 5.94. The van der Waals surface area contributed by atoms with Gasteiger partial charge in [-0.2, -0.15) is 0 Å². The zero-order chi connectivity index (χ0) is 21.8. The summed E-state index contributed by atoms with van der Waals surface area (Å²) in [5, 5.41) is 1.68. The summed E-state index contributed by atoms with van der Waals surface area (Å²) in [7, 11) is 3.30. The van der Waals surface area contributed by atoms with Gasteiger partial charge >= 0.3 is 0 Å². The van der Waals surface area contributed by atoms with Crippen LogP contribution in [-0.4, -0.2) is 20.3 Å². The average molecular weight is 415 g/mol. The van der Waals surface area contributed by atoms with Crippen LogP contribution in [0.4, 0.5) is 5.69 Å². The molecule has 0 radical (unpaired) electrons. The van der Waals surface area contributed by atoms with Gasteiger partial charge in [-0.15, -0.1) is 0 Å². The van der Waals surface area contributed by atoms with E-state index in [0.717, 1.165) is 50.6 Å². The van der Waals surface area contributed by atoms with Gasteiger partial charge in [0.25, 0.3) is 0 Å². The standard InChI is InChI=1S/C26H25NO4/c1-17(2)30-22-13-14-25-23(15-22)24(27-19-7-11-21(29-4)12-8-19)16-26(31-25)18-5-9-20(28-3)10-6-18/h5-17H,1-4H3. The molecule has 0 fully saturated rings. The molecule has 1 heterocycles. The van der Waals surface area contributed by atoms with Crippen LogP contribution in [-0.2, 0) is 0 Å². The van der Waals surface area contributed by atoms with Crippen LogP contribution >= 0.6 is 0 Å². The van der Waals surface area contributed by atoms with Gasteiger partial charge < -0.3 is 18.6 Å². The largest absolute Gasteiger partial charge is 0.497 e. The van der Waals surface area contributed by atoms with Crippen molar-refractivity contribution >= 4 is 16.7 Å². The molecule has 3 aromatic carbocycles. The van der Waals surface area contributed by atoms with E-state index in [9.17, 15) is 0 Å². The van der Waals surface area contributed by atoms with Crippen LogP contribution in [0.5, 0.6) is 17.2 Å². The molecule has 4 rings (SSSR count). The minimum atomic E-state index is 0.0786. The van der Waals surface area contributed by atoms with Gasteiger partial charge in [-0.3, -0.25) is 0 Å². The van der Waals surface area contributed by atoms with E-state index in [0.29, 0.717) is 0 Å². The van der Waals surface area contributed by atoms with Crippen LogP contribution in [0.2, 0.25) is 0 Å². The highest BCUT2D eigenvalue weighted by Crippen LogP contribution is 2.27. The Morgan fingerprint density at radius 1 is 0.742 bits per heavy atom. The third kappa shape index (κ3) is 4.72. The molecule has 0 atom stereocenters. The number of nitrogens with zero attached hydrogens (tertiary/aromatic N) is 1. The summed E-state index contributed by atoms with van der Waals surface area (Å²) in [6.07, 6.45) is 0.0786. The van der Waals surface area contributed by atoms with Crippen molar-refractivity contribution in [2.45, 2.75) is 20.0 Å². The second kappa shape index (κ2) is 8.96. The molecule has 158 valence electrons. The molecule has 31 heavy (non-hydrogen) atoms. The van der Waals surface area contributed by atoms with Crippen molar-refractivity contribution in [3.05, 3.63) is 78.2 Å². The van der Waals surface area contributed by atoms with E-state index in [1.165, 1.54) is 0 Å². The SMILES string of the molecule is COc1ccc(N=c2cc(-c3ccc(OC)cc3)oc3ccc(OC(C)C)cc23)cc1. The lowest BCUT2D eigenvalue weighted by atomic mass is 10.1. The molecule has 0 aliphatic rings. The van der Waals surface area contributed by atoms with Gasteiger partial charge in [0.15, 0.2) is 0 Å². The Bertz CT molecular complexity index is 1240. The van der Waals surface area contributed by atoms with Crippen LogP contribution in [0.3, 0.4) is 0 Å². The first-order chi connectivity index (χ1) is 15.1. The Morgan fingerprint density at radius 3 is 1.97 bits per heavy atom. The summed E-state index contributed by atoms with van der Waals surface area (Å²) in [4.78, 5) is 4.89. The van der Waals surface area contributed by atoms with E-state index in [2.05, 4.69) is 0 Å². The third-order valence-electron chi connectivity index (χ3n) is 4.78. The minimum absolute atomic E-state index is 0.0786. The summed E-state index contributed by atoms with van der Waals surface area (Å²) >= 11 is 0. The molecule has 0 spiro atoms. The molecule has 0 N–H and O–H groups in total. The second-order valence-electron chi connectivity index (χ2n) is 7.36. The van der Waals surface area contributed by atoms with E-state index in [1.807, 2.05) is 86.6 Å². The fraction of sp³-hybridized carbons (Fsp3) is 0.192. The number of ether oxygens (including phenoxy) is 3. The summed E-state index contributed by atoms with van der Waals surface area (Å²) in [6.45, 7) is 4.01. The first-order valence-corrected chi connectivity index (χ1v) is 10.1. The maximum Gasteiger partial charge on any atom is 0.137 e. The molecule has 0 aliphatic heterocycles. The van der Waals surface area contributed by atoms with Gasteiger partial charge in [0.2, 0.25) is 0 Å². The van der Waals surface area contributed by atoms with E-state index in [-0.39, 0.29) is 6.10 Å². The van der Waals surface area contributed by atoms with Crippen LogP contribution in [0.25, 0.3) is 22.3 Å². The fourth-order valence-electron chi connectivity index (χ4n) is 3.28. The lowest BCUT2D eigenvalue weighted by Gasteiger charge is -2.11. The highest BCUT2D eigenvalue weighted by atomic mass is 16.5. The molecular formula is C26H25NO4. The van der Waals surface area contributed by atoms with Gasteiger partial charge in [0.1, 0.15) is 28.6 Å². The first kappa shape index (κ1) is 20.5. The molecule has 4 aromatic rings. The van der Waals surface area contributed by atoms with Gasteiger partial charge in [-0.05, 0) is 80.6 Å². The van der Waals surface area contributed by atoms with Crippen molar-refractivity contribution < 1.29 is 18.6 Å². The lowest BCUT2D eigenvalue weighted by molar-refractivity contribution is 0.242. The Balaban J connectivity index is 1.89. The molecule has 5 heteroatoms. The summed E-state index contributed by atoms with van der Waals surface area (Å²) < 4.78 is 22.6. The number of hydrogen-bond donors (Lipinski definition) is 0. The van der Waals surface area contributed by atoms with E-state index in [1.54, 1.807) is 14.2 Å². The molecule has 5 nitrogen and oxygen atoms in total. The topological polar surface area (TPSA) is 53.2 Å². The average Bonchev–Trinajstić information content (AvgIpc) is 2.79. The van der Waals surface area contributed by atoms with Gasteiger partial charge in [-0.1, -0.05) is 0 Å². The normalized spacial score (nSPS) is 11.7. The lowest BCUT2D eigenvalue weighted by Crippen LogP contribution is -2.07. The third-order valence-corrected chi connectivity index (χ3v) is 4.78. The minimum Gasteiger partial charge on any atom is -0.497 e. The van der Waals surface area contributed by atoms with Crippen molar-refractivity contribution in [2.24, 2.45) is 4.99 Å². The van der Waals surface area contributed by atoms with Crippen molar-refractivity contribution in [2.75, 3.05) is 14.2 Å². The van der Waals surface area contributed by atoms with Crippen molar-refractivity contribution in [1.82, 2.24) is 0 Å². The number of methoxy groups -OCH3 is 2. The Morgan fingerprint density at radius 2 is 1.35 bits per heavy atom. The zero-order valence-corrected chi connectivity index (χ0v) is 18.1. The summed E-state index contributed by atoms with van der Waals surface area (Å²) in [5.41, 5.74) is 2.50. The molecule has 1 aromatic heterocycles. The number of benzene rings is 3. The Hall–Kier alpha value is -3.73. The van der Waals surface area contributed by atoms with Crippen LogP contribution in [0.1, 0.15) is 13.8 Å². The molecule has 0 aliphatic carbocycles. The molecule has 0 bridgehead atoms. The van der Waals surface area contributed by atoms with Gasteiger partial charge in [0.05, 0.1) is 31.4 Å². The zero-order valence-electron chi connectivity index (χ0n) is 18.1. The molecular weight excluding hydrogens is 390 g/mol. The smallest absolute Gasteiger partial charge is 0.137 e. The number of hydrogen-bond acceptors (Lipinski definition) is 5. The molecule has 0 unspecified atom stereocenters. The first-order valence-electron chi connectivity index (χ1n) is 10.1. The molecule has 0 saturated carbocycles. The number of rotatable bonds is 6. The molecule has 0 saturated heterocycles. The van der Waals surface area contributed by atoms with Crippen LogP contribution in [0, 0.1) is 0 Å². The van der Waals surface area contributed by atoms with Crippen LogP contribution < -0.4 is 19.6 Å². The van der Waals surface area contributed by atoms with Gasteiger partial charge in [0, 0.05) is 17.0 Å². The maximum absolute atomic E-state index is 6.22. The fourth-order valence-corrected chi connectivity index (χ4v) is 3.28. The van der Waals surface area contributed by atoms with Gasteiger partial charge in [-0.25, -0.2) is 4.99 Å². The monoisotopic (exact) mass is 415 g/mol. The highest BCUT2D eigenvalue weighted by Gasteiger charge is 2.09. The Labute approximate surface area is 181 Å². The van der Waals surface area contributed by atoms with Crippen molar-refractivity contribution in [1.29, 1.82) is 0 Å². The van der Waals surface area contributed by atoms with E-state index in [4.69, 9.17) is 23.6 Å². The van der Waals surface area contributed by atoms with Crippen molar-refractivity contribution in [3.8, 4) is 28.6 Å². The quantitative estimate of drug-likeness (QED) is 0.380. The maximum atomic E-state index is 6.22. The molecule has 0 amide bonds. The predicted octanol–water partition coefficient (Wildman–Crippen LogP) is 6.14. The number of fused-ring (bicyclic) bond motifs is 1. The summed E-state index contributed by atoms with van der Waals surface area (Å²) in [5.74, 6) is 3.09. The van der Waals surface area contributed by atoms with Crippen LogP contribution in [0.15, 0.2) is 82.2 Å². The van der Waals surface area contributed by atoms with E-state index < -0.39 is 0 Å². The van der Waals surface area contributed by atoms with E-state index >= 15 is 0 Å². The summed E-state index contributed by atoms with van der Waals surface area (Å²) in [6, 6.07) is 23.2. The van der Waals surface area contributed by atoms with Crippen molar-refractivity contribution in [3.63, 3.8) is 0 Å². The highest BCUT2D eigenvalue weighted by molar-refractivity contribution is 5.80. The second-order valence-corrected chi connectivity index (χ2v) is 7.36. The predicted molar refractivity (Wildman–Crippen MR) is 122 cm³/mol.